The first-order valence-electron chi connectivity index (χ1n) is 6.22. The third kappa shape index (κ3) is 5.05. The average Bonchev–Trinajstić information content (AvgIpc) is 2.37. The molecular weight excluding hydrogens is 280 g/mol. The van der Waals surface area contributed by atoms with E-state index in [-0.39, 0.29) is 30.7 Å². The van der Waals surface area contributed by atoms with Gasteiger partial charge in [0.1, 0.15) is 17.6 Å². The molecule has 0 aliphatic carbocycles. The second-order valence-corrected chi connectivity index (χ2v) is 4.55. The van der Waals surface area contributed by atoms with Gasteiger partial charge >= 0.3 is 11.7 Å². The smallest absolute Gasteiger partial charge is 0.342 e. The van der Waals surface area contributed by atoms with E-state index in [0.29, 0.717) is 0 Å². The summed E-state index contributed by atoms with van der Waals surface area (Å²) in [4.78, 5) is 36.0. The minimum Gasteiger partial charge on any atom is -0.477 e. The molecule has 0 aliphatic rings. The van der Waals surface area contributed by atoms with Crippen molar-refractivity contribution in [1.29, 1.82) is 0 Å². The molecule has 9 nitrogen and oxygen atoms in total. The van der Waals surface area contributed by atoms with Crippen molar-refractivity contribution >= 4 is 23.4 Å². The van der Waals surface area contributed by atoms with E-state index in [9.17, 15) is 19.7 Å². The van der Waals surface area contributed by atoms with Crippen LogP contribution in [0.3, 0.4) is 0 Å². The van der Waals surface area contributed by atoms with E-state index in [1.54, 1.807) is 0 Å². The van der Waals surface area contributed by atoms with Gasteiger partial charge in [0.05, 0.1) is 4.92 Å². The molecule has 9 heteroatoms. The zero-order valence-corrected chi connectivity index (χ0v) is 11.6. The quantitative estimate of drug-likeness (QED) is 0.505. The standard InChI is InChI=1S/C12H16N4O5/c1-7(2)15-11(17)3-4-13-10-5-8(12(18)19)9(6-14-10)16(20)21/h5-7H,3-4H2,1-2H3,(H,13,14)(H,15,17)(H,18,19). The van der Waals surface area contributed by atoms with Crippen LogP contribution in [0.4, 0.5) is 11.5 Å². The topological polar surface area (TPSA) is 134 Å². The number of nitrogens with one attached hydrogen (secondary N) is 2. The highest BCUT2D eigenvalue weighted by Crippen LogP contribution is 2.20. The van der Waals surface area contributed by atoms with Crippen molar-refractivity contribution in [2.45, 2.75) is 26.3 Å². The molecule has 21 heavy (non-hydrogen) atoms. The van der Waals surface area contributed by atoms with Gasteiger partial charge in [-0.2, -0.15) is 0 Å². The van der Waals surface area contributed by atoms with Crippen LogP contribution in [0, 0.1) is 10.1 Å². The average molecular weight is 296 g/mol. The van der Waals surface area contributed by atoms with E-state index in [1.807, 2.05) is 13.8 Å². The molecule has 1 heterocycles. The van der Waals surface area contributed by atoms with Gasteiger partial charge in [0.15, 0.2) is 0 Å². The molecule has 3 N–H and O–H groups in total. The number of aromatic nitrogens is 1. The highest BCUT2D eigenvalue weighted by molar-refractivity contribution is 5.93. The number of aromatic carboxylic acids is 1. The Morgan fingerprint density at radius 1 is 1.48 bits per heavy atom. The van der Waals surface area contributed by atoms with Gasteiger partial charge in [0.25, 0.3) is 0 Å². The van der Waals surface area contributed by atoms with E-state index in [0.717, 1.165) is 12.3 Å². The summed E-state index contributed by atoms with van der Waals surface area (Å²) >= 11 is 0. The number of carboxylic acids is 1. The van der Waals surface area contributed by atoms with Gasteiger partial charge in [-0.25, -0.2) is 9.78 Å². The predicted octanol–water partition coefficient (Wildman–Crippen LogP) is 1.01. The maximum absolute atomic E-state index is 11.4. The summed E-state index contributed by atoms with van der Waals surface area (Å²) in [7, 11) is 0. The lowest BCUT2D eigenvalue weighted by Gasteiger charge is -2.09. The van der Waals surface area contributed by atoms with E-state index in [1.165, 1.54) is 0 Å². The lowest BCUT2D eigenvalue weighted by atomic mass is 10.2. The molecule has 0 fully saturated rings. The number of hydrogen-bond acceptors (Lipinski definition) is 6. The molecular formula is C12H16N4O5. The van der Waals surface area contributed by atoms with Crippen LogP contribution in [0.5, 0.6) is 0 Å². The second-order valence-electron chi connectivity index (χ2n) is 4.55. The van der Waals surface area contributed by atoms with Crippen LogP contribution in [-0.4, -0.2) is 39.5 Å². The Labute approximate surface area is 120 Å². The van der Waals surface area contributed by atoms with Crippen molar-refractivity contribution < 1.29 is 19.6 Å². The fourth-order valence-electron chi connectivity index (χ4n) is 1.56. The van der Waals surface area contributed by atoms with Gasteiger partial charge in [0, 0.05) is 25.1 Å². The van der Waals surface area contributed by atoms with Crippen molar-refractivity contribution in [3.63, 3.8) is 0 Å². The maximum atomic E-state index is 11.4. The molecule has 0 saturated carbocycles. The normalized spacial score (nSPS) is 10.2. The van der Waals surface area contributed by atoms with Crippen LogP contribution in [0.1, 0.15) is 30.6 Å². The first-order valence-corrected chi connectivity index (χ1v) is 6.22. The van der Waals surface area contributed by atoms with Crippen molar-refractivity contribution in [3.05, 3.63) is 27.9 Å². The van der Waals surface area contributed by atoms with Gasteiger partial charge in [-0.1, -0.05) is 0 Å². The summed E-state index contributed by atoms with van der Waals surface area (Å²) in [6.45, 7) is 3.91. The third-order valence-corrected chi connectivity index (χ3v) is 2.42. The van der Waals surface area contributed by atoms with Crippen LogP contribution in [0.2, 0.25) is 0 Å². The van der Waals surface area contributed by atoms with E-state index >= 15 is 0 Å². The van der Waals surface area contributed by atoms with Crippen molar-refractivity contribution in [2.75, 3.05) is 11.9 Å². The molecule has 0 bridgehead atoms. The first kappa shape index (κ1) is 16.3. The van der Waals surface area contributed by atoms with Crippen molar-refractivity contribution in [3.8, 4) is 0 Å². The summed E-state index contributed by atoms with van der Waals surface area (Å²) in [5, 5.41) is 25.1. The van der Waals surface area contributed by atoms with E-state index in [2.05, 4.69) is 15.6 Å². The van der Waals surface area contributed by atoms with E-state index in [4.69, 9.17) is 5.11 Å². The van der Waals surface area contributed by atoms with E-state index < -0.39 is 22.1 Å². The van der Waals surface area contributed by atoms with Crippen LogP contribution in [-0.2, 0) is 4.79 Å². The number of carbonyl (C=O) groups is 2. The number of hydrogen-bond donors (Lipinski definition) is 3. The molecule has 0 aliphatic heterocycles. The number of rotatable bonds is 7. The Hall–Kier alpha value is -2.71. The Kier molecular flexibility index (Phi) is 5.58. The lowest BCUT2D eigenvalue weighted by molar-refractivity contribution is -0.385. The fraction of sp³-hybridized carbons (Fsp3) is 0.417. The summed E-state index contributed by atoms with van der Waals surface area (Å²) in [6, 6.07) is 1.11. The highest BCUT2D eigenvalue weighted by Gasteiger charge is 2.20. The lowest BCUT2D eigenvalue weighted by Crippen LogP contribution is -2.31. The predicted molar refractivity (Wildman–Crippen MR) is 74.2 cm³/mol. The number of carboxylic acid groups (broad SMARTS) is 1. The summed E-state index contributed by atoms with van der Waals surface area (Å²) in [5.74, 6) is -1.40. The minimum atomic E-state index is -1.41. The molecule has 1 amide bonds. The number of amides is 1. The van der Waals surface area contributed by atoms with Crippen LogP contribution in [0.15, 0.2) is 12.3 Å². The highest BCUT2D eigenvalue weighted by atomic mass is 16.6. The molecule has 0 saturated heterocycles. The molecule has 114 valence electrons. The number of nitrogens with zero attached hydrogens (tertiary/aromatic N) is 2. The third-order valence-electron chi connectivity index (χ3n) is 2.42. The molecule has 0 atom stereocenters. The number of carbonyl (C=O) groups excluding carboxylic acids is 1. The Balaban J connectivity index is 2.69. The van der Waals surface area contributed by atoms with Crippen molar-refractivity contribution in [1.82, 2.24) is 10.3 Å². The largest absolute Gasteiger partial charge is 0.477 e. The van der Waals surface area contributed by atoms with Crippen LogP contribution < -0.4 is 10.6 Å². The second kappa shape index (κ2) is 7.17. The van der Waals surface area contributed by atoms with Crippen LogP contribution in [0.25, 0.3) is 0 Å². The molecule has 0 radical (unpaired) electrons. The number of anilines is 1. The van der Waals surface area contributed by atoms with Gasteiger partial charge in [-0.05, 0) is 13.8 Å². The van der Waals surface area contributed by atoms with Gasteiger partial charge in [-0.3, -0.25) is 14.9 Å². The molecule has 0 aromatic carbocycles. The monoisotopic (exact) mass is 296 g/mol. The molecule has 0 spiro atoms. The summed E-state index contributed by atoms with van der Waals surface area (Å²) < 4.78 is 0. The van der Waals surface area contributed by atoms with Crippen molar-refractivity contribution in [2.24, 2.45) is 0 Å². The zero-order valence-electron chi connectivity index (χ0n) is 11.6. The SMILES string of the molecule is CC(C)NC(=O)CCNc1cc(C(=O)O)c([N+](=O)[O-])cn1. The van der Waals surface area contributed by atoms with Crippen LogP contribution >= 0.6 is 0 Å². The number of pyridine rings is 1. The van der Waals surface area contributed by atoms with Gasteiger partial charge in [0.2, 0.25) is 5.91 Å². The minimum absolute atomic E-state index is 0.0358. The Morgan fingerprint density at radius 3 is 2.67 bits per heavy atom. The molecule has 1 aromatic heterocycles. The Morgan fingerprint density at radius 2 is 2.14 bits per heavy atom. The van der Waals surface area contributed by atoms with Gasteiger partial charge < -0.3 is 15.7 Å². The van der Waals surface area contributed by atoms with Gasteiger partial charge in [-0.15, -0.1) is 0 Å². The summed E-state index contributed by atoms with van der Waals surface area (Å²) in [6.07, 6.45) is 1.05. The summed E-state index contributed by atoms with van der Waals surface area (Å²) in [5.41, 5.74) is -1.03. The first-order chi connectivity index (χ1) is 9.81. The molecule has 1 rings (SSSR count). The zero-order chi connectivity index (χ0) is 16.0. The fourth-order valence-corrected chi connectivity index (χ4v) is 1.56. The number of nitro groups is 1. The molecule has 1 aromatic rings. The molecule has 0 unspecified atom stereocenters. The maximum Gasteiger partial charge on any atom is 0.342 e. The Bertz CT molecular complexity index is 559.